The summed E-state index contributed by atoms with van der Waals surface area (Å²) in [5.41, 5.74) is -1.31. The van der Waals surface area contributed by atoms with Crippen LogP contribution >= 0.6 is 19.4 Å². The van der Waals surface area contributed by atoms with Gasteiger partial charge in [0.25, 0.3) is 5.56 Å². The average molecular weight is 329 g/mol. The van der Waals surface area contributed by atoms with E-state index in [0.717, 1.165) is 4.57 Å². The number of halogens is 1. The van der Waals surface area contributed by atoms with E-state index < -0.39 is 25.2 Å². The first-order valence-electron chi connectivity index (χ1n) is 5.45. The molecule has 3 N–H and O–H groups in total. The average Bonchev–Trinajstić information content (AvgIpc) is 2.34. The van der Waals surface area contributed by atoms with Crippen LogP contribution in [0.5, 0.6) is 0 Å². The van der Waals surface area contributed by atoms with Crippen LogP contribution in [0, 0.1) is 0 Å². The molecule has 1 aromatic rings. The molecule has 0 aromatic carbocycles. The highest BCUT2D eigenvalue weighted by Crippen LogP contribution is 2.35. The molecule has 0 fully saturated rings. The number of H-pyrrole nitrogens is 1. The smallest absolute Gasteiger partial charge is 0.379 e. The summed E-state index contributed by atoms with van der Waals surface area (Å²) >= 11 is 5.59. The third-order valence-electron chi connectivity index (χ3n) is 2.42. The van der Waals surface area contributed by atoms with E-state index in [2.05, 4.69) is 4.52 Å². The van der Waals surface area contributed by atoms with Gasteiger partial charge in [-0.15, -0.1) is 0 Å². The second kappa shape index (κ2) is 7.16. The van der Waals surface area contributed by atoms with Gasteiger partial charge in [0.1, 0.15) is 5.02 Å². The Kier molecular flexibility index (Phi) is 6.12. The minimum atomic E-state index is -4.57. The highest BCUT2D eigenvalue weighted by molar-refractivity contribution is 7.46. The number of methoxy groups -OCH3 is 1. The number of aromatic amines is 1. The SMILES string of the molecule is COC(CCn1cc(Cl)c(=O)[nH]c1=O)COP(=O)(O)O. The molecule has 20 heavy (non-hydrogen) atoms. The molecule has 0 aliphatic heterocycles. The molecule has 0 aliphatic carbocycles. The normalized spacial score (nSPS) is 13.4. The quantitative estimate of drug-likeness (QED) is 0.586. The van der Waals surface area contributed by atoms with Crippen molar-refractivity contribution in [3.8, 4) is 0 Å². The van der Waals surface area contributed by atoms with Crippen molar-refractivity contribution in [1.29, 1.82) is 0 Å². The van der Waals surface area contributed by atoms with Crippen molar-refractivity contribution < 1.29 is 23.6 Å². The maximum Gasteiger partial charge on any atom is 0.469 e. The third-order valence-corrected chi connectivity index (χ3v) is 3.18. The highest BCUT2D eigenvalue weighted by Gasteiger charge is 2.18. The minimum Gasteiger partial charge on any atom is -0.379 e. The van der Waals surface area contributed by atoms with E-state index in [1.54, 1.807) is 0 Å². The van der Waals surface area contributed by atoms with Gasteiger partial charge < -0.3 is 14.5 Å². The molecule has 1 rings (SSSR count). The Bertz CT molecular complexity index is 607. The topological polar surface area (TPSA) is 131 Å². The Balaban J connectivity index is 2.65. The van der Waals surface area contributed by atoms with Crippen LogP contribution in [0.3, 0.4) is 0 Å². The lowest BCUT2D eigenvalue weighted by atomic mass is 10.2. The summed E-state index contributed by atoms with van der Waals surface area (Å²) in [5.74, 6) is 0. The number of rotatable bonds is 7. The van der Waals surface area contributed by atoms with Gasteiger partial charge in [-0.3, -0.25) is 18.9 Å². The molecule has 0 aliphatic rings. The number of aryl methyl sites for hydroxylation is 1. The number of hydrogen-bond donors (Lipinski definition) is 3. The molecule has 0 radical (unpaired) electrons. The third kappa shape index (κ3) is 5.58. The van der Waals surface area contributed by atoms with Gasteiger partial charge in [0, 0.05) is 19.9 Å². The first-order chi connectivity index (χ1) is 9.23. The lowest BCUT2D eigenvalue weighted by molar-refractivity contribution is 0.0373. The van der Waals surface area contributed by atoms with Crippen LogP contribution in [0.1, 0.15) is 6.42 Å². The molecule has 1 heterocycles. The molecule has 1 unspecified atom stereocenters. The van der Waals surface area contributed by atoms with Crippen LogP contribution < -0.4 is 11.2 Å². The summed E-state index contributed by atoms with van der Waals surface area (Å²) in [4.78, 5) is 41.7. The van der Waals surface area contributed by atoms with Gasteiger partial charge in [0.15, 0.2) is 0 Å². The van der Waals surface area contributed by atoms with Crippen LogP contribution in [-0.4, -0.2) is 39.2 Å². The van der Waals surface area contributed by atoms with Gasteiger partial charge in [-0.1, -0.05) is 11.6 Å². The molecule has 0 spiro atoms. The number of nitrogens with one attached hydrogen (secondary N) is 1. The van der Waals surface area contributed by atoms with Gasteiger partial charge in [-0.25, -0.2) is 9.36 Å². The zero-order valence-corrected chi connectivity index (χ0v) is 12.1. The fraction of sp³-hybridized carbons (Fsp3) is 0.556. The number of hydrogen-bond acceptors (Lipinski definition) is 5. The van der Waals surface area contributed by atoms with E-state index in [1.165, 1.54) is 13.3 Å². The van der Waals surface area contributed by atoms with Gasteiger partial charge in [-0.2, -0.15) is 0 Å². The number of phosphoric acid groups is 1. The van der Waals surface area contributed by atoms with Gasteiger partial charge >= 0.3 is 13.5 Å². The maximum atomic E-state index is 11.5. The zero-order valence-electron chi connectivity index (χ0n) is 10.5. The molecule has 114 valence electrons. The summed E-state index contributed by atoms with van der Waals surface area (Å²) in [6.07, 6.45) is 0.790. The number of aromatic nitrogens is 2. The van der Waals surface area contributed by atoms with Crippen molar-refractivity contribution >= 4 is 19.4 Å². The van der Waals surface area contributed by atoms with Crippen molar-refractivity contribution in [2.75, 3.05) is 13.7 Å². The Morgan fingerprint density at radius 2 is 2.15 bits per heavy atom. The summed E-state index contributed by atoms with van der Waals surface area (Å²) < 4.78 is 21.0. The summed E-state index contributed by atoms with van der Waals surface area (Å²) in [6.45, 7) is -0.190. The fourth-order valence-corrected chi connectivity index (χ4v) is 1.91. The largest absolute Gasteiger partial charge is 0.469 e. The Morgan fingerprint density at radius 1 is 1.50 bits per heavy atom. The first-order valence-corrected chi connectivity index (χ1v) is 7.36. The van der Waals surface area contributed by atoms with Crippen molar-refractivity contribution in [3.05, 3.63) is 32.1 Å². The summed E-state index contributed by atoms with van der Waals surface area (Å²) in [5, 5.41) is -0.134. The molecule has 0 saturated carbocycles. The van der Waals surface area contributed by atoms with Gasteiger partial charge in [0.05, 0.1) is 12.7 Å². The maximum absolute atomic E-state index is 11.5. The molecular weight excluding hydrogens is 315 g/mol. The standard InChI is InChI=1S/C9H14ClN2O7P/c1-18-6(5-19-20(15,16)17)2-3-12-4-7(10)8(13)11-9(12)14/h4,6H,2-3,5H2,1H3,(H,11,13,14)(H2,15,16,17). The fourth-order valence-electron chi connectivity index (χ4n) is 1.38. The van der Waals surface area contributed by atoms with E-state index >= 15 is 0 Å². The van der Waals surface area contributed by atoms with Crippen LogP contribution in [-0.2, 0) is 20.4 Å². The first kappa shape index (κ1) is 17.1. The molecule has 0 amide bonds. The molecule has 0 saturated heterocycles. The van der Waals surface area contributed by atoms with E-state index in [-0.39, 0.29) is 24.6 Å². The van der Waals surface area contributed by atoms with Crippen LogP contribution in [0.25, 0.3) is 0 Å². The predicted octanol–water partition coefficient (Wildman–Crippen LogP) is -0.296. The number of phosphoric ester groups is 1. The molecular formula is C9H14ClN2O7P. The van der Waals surface area contributed by atoms with Crippen molar-refractivity contribution in [3.63, 3.8) is 0 Å². The van der Waals surface area contributed by atoms with Crippen molar-refractivity contribution in [2.45, 2.75) is 19.1 Å². The van der Waals surface area contributed by atoms with E-state index in [9.17, 15) is 14.2 Å². The van der Waals surface area contributed by atoms with E-state index in [1.807, 2.05) is 4.98 Å². The minimum absolute atomic E-state index is 0.134. The molecule has 0 bridgehead atoms. The van der Waals surface area contributed by atoms with Gasteiger partial charge in [-0.05, 0) is 6.42 Å². The zero-order chi connectivity index (χ0) is 15.3. The monoisotopic (exact) mass is 328 g/mol. The molecule has 1 aromatic heterocycles. The summed E-state index contributed by atoms with van der Waals surface area (Å²) in [7, 11) is -3.23. The van der Waals surface area contributed by atoms with Crippen LogP contribution in [0.2, 0.25) is 5.02 Å². The van der Waals surface area contributed by atoms with E-state index in [4.69, 9.17) is 26.1 Å². The Labute approximate surface area is 118 Å². The Morgan fingerprint density at radius 3 is 2.70 bits per heavy atom. The summed E-state index contributed by atoms with van der Waals surface area (Å²) in [6, 6.07) is 0. The number of nitrogens with zero attached hydrogens (tertiary/aromatic N) is 1. The highest BCUT2D eigenvalue weighted by atomic mass is 35.5. The van der Waals surface area contributed by atoms with Gasteiger partial charge in [0.2, 0.25) is 0 Å². The lowest BCUT2D eigenvalue weighted by Crippen LogP contribution is -2.31. The lowest BCUT2D eigenvalue weighted by Gasteiger charge is -2.16. The predicted molar refractivity (Wildman–Crippen MR) is 69.7 cm³/mol. The van der Waals surface area contributed by atoms with Crippen molar-refractivity contribution in [1.82, 2.24) is 9.55 Å². The molecule has 1 atom stereocenters. The second-order valence-corrected chi connectivity index (χ2v) is 5.51. The second-order valence-electron chi connectivity index (χ2n) is 3.86. The van der Waals surface area contributed by atoms with Crippen LogP contribution in [0.4, 0.5) is 0 Å². The Hall–Kier alpha value is -0.960. The molecule has 11 heteroatoms. The number of ether oxygens (including phenoxy) is 1. The van der Waals surface area contributed by atoms with Crippen LogP contribution in [0.15, 0.2) is 15.8 Å². The van der Waals surface area contributed by atoms with Crippen molar-refractivity contribution in [2.24, 2.45) is 0 Å². The molecule has 9 nitrogen and oxygen atoms in total. The van der Waals surface area contributed by atoms with E-state index in [0.29, 0.717) is 0 Å².